The molecule has 0 aliphatic rings. The second-order valence-electron chi connectivity index (χ2n) is 5.36. The summed E-state index contributed by atoms with van der Waals surface area (Å²) in [5.74, 6) is -0.0448. The molecule has 2 aromatic rings. The van der Waals surface area contributed by atoms with Crippen molar-refractivity contribution in [1.29, 1.82) is 0 Å². The minimum Gasteiger partial charge on any atom is -0.484 e. The third-order valence-electron chi connectivity index (χ3n) is 3.23. The molecule has 144 valence electrons. The summed E-state index contributed by atoms with van der Waals surface area (Å²) in [4.78, 5) is 21.7. The highest BCUT2D eigenvalue weighted by Crippen LogP contribution is 2.19. The van der Waals surface area contributed by atoms with E-state index >= 15 is 0 Å². The number of hydrogen-bond donors (Lipinski definition) is 1. The van der Waals surface area contributed by atoms with Crippen LogP contribution in [-0.2, 0) is 11.3 Å². The molecule has 0 saturated carbocycles. The second-order valence-corrected chi connectivity index (χ2v) is 5.36. The first-order valence-corrected chi connectivity index (χ1v) is 7.65. The van der Waals surface area contributed by atoms with Gasteiger partial charge in [0.2, 0.25) is 0 Å². The van der Waals surface area contributed by atoms with Crippen molar-refractivity contribution in [3.8, 4) is 11.5 Å². The fourth-order valence-electron chi connectivity index (χ4n) is 1.93. The minimum atomic E-state index is -4.41. The molecule has 0 fully saturated rings. The summed E-state index contributed by atoms with van der Waals surface area (Å²) in [6.07, 6.45) is -4.41. The highest BCUT2D eigenvalue weighted by Gasteiger charge is 2.28. The number of carbonyl (C=O) groups excluding carboxylic acids is 1. The third-order valence-corrected chi connectivity index (χ3v) is 3.23. The van der Waals surface area contributed by atoms with E-state index in [1.54, 1.807) is 0 Å². The van der Waals surface area contributed by atoms with Crippen molar-refractivity contribution in [2.45, 2.75) is 12.7 Å². The summed E-state index contributed by atoms with van der Waals surface area (Å²) in [5, 5.41) is 13.1. The van der Waals surface area contributed by atoms with Crippen molar-refractivity contribution in [1.82, 2.24) is 5.32 Å². The van der Waals surface area contributed by atoms with Crippen LogP contribution in [0, 0.1) is 10.1 Å². The fraction of sp³-hybridized carbons (Fsp3) is 0.235. The van der Waals surface area contributed by atoms with E-state index in [1.807, 2.05) is 0 Å². The maximum absolute atomic E-state index is 12.1. The molecule has 0 atom stereocenters. The second kappa shape index (κ2) is 8.88. The average molecular weight is 384 g/mol. The lowest BCUT2D eigenvalue weighted by Gasteiger charge is -2.10. The van der Waals surface area contributed by atoms with Crippen LogP contribution in [0.15, 0.2) is 48.5 Å². The maximum atomic E-state index is 12.1. The Balaban J connectivity index is 1.74. The Kier molecular flexibility index (Phi) is 6.58. The number of nitrogens with one attached hydrogen (secondary N) is 1. The number of nitro benzene ring substituents is 1. The van der Waals surface area contributed by atoms with E-state index in [9.17, 15) is 28.1 Å². The fourth-order valence-corrected chi connectivity index (χ4v) is 1.93. The number of benzene rings is 2. The van der Waals surface area contributed by atoms with Gasteiger partial charge in [-0.15, -0.1) is 0 Å². The number of amides is 1. The van der Waals surface area contributed by atoms with Crippen LogP contribution >= 0.6 is 0 Å². The Labute approximate surface area is 151 Å². The molecule has 0 heterocycles. The van der Waals surface area contributed by atoms with Crippen LogP contribution in [0.5, 0.6) is 11.5 Å². The van der Waals surface area contributed by atoms with Gasteiger partial charge in [-0.3, -0.25) is 14.9 Å². The standard InChI is InChI=1S/C17H15F3N2O5/c18-17(19,20)11-27-15-5-1-12(2-6-15)9-21-16(23)10-26-14-7-3-13(4-8-14)22(24)25/h1-8H,9-11H2,(H,21,23). The zero-order valence-corrected chi connectivity index (χ0v) is 13.9. The van der Waals surface area contributed by atoms with E-state index in [-0.39, 0.29) is 24.6 Å². The van der Waals surface area contributed by atoms with Crippen molar-refractivity contribution < 1.29 is 32.4 Å². The Morgan fingerprint density at radius 1 is 1.00 bits per heavy atom. The third kappa shape index (κ3) is 7.22. The summed E-state index contributed by atoms with van der Waals surface area (Å²) in [6.45, 7) is -1.50. The molecule has 0 saturated heterocycles. The maximum Gasteiger partial charge on any atom is 0.422 e. The van der Waals surface area contributed by atoms with Gasteiger partial charge >= 0.3 is 6.18 Å². The lowest BCUT2D eigenvalue weighted by molar-refractivity contribution is -0.384. The molecule has 1 amide bonds. The number of nitro groups is 1. The average Bonchev–Trinajstić information content (AvgIpc) is 2.63. The lowest BCUT2D eigenvalue weighted by atomic mass is 10.2. The zero-order valence-electron chi connectivity index (χ0n) is 13.9. The molecule has 0 unspecified atom stereocenters. The van der Waals surface area contributed by atoms with Gasteiger partial charge < -0.3 is 14.8 Å². The largest absolute Gasteiger partial charge is 0.484 e. The van der Waals surface area contributed by atoms with Gasteiger partial charge in [-0.05, 0) is 29.8 Å². The lowest BCUT2D eigenvalue weighted by Crippen LogP contribution is -2.28. The first-order valence-electron chi connectivity index (χ1n) is 7.65. The van der Waals surface area contributed by atoms with Crippen molar-refractivity contribution in [2.75, 3.05) is 13.2 Å². The first kappa shape index (κ1) is 20.0. The van der Waals surface area contributed by atoms with E-state index in [4.69, 9.17) is 4.74 Å². The van der Waals surface area contributed by atoms with E-state index in [2.05, 4.69) is 10.1 Å². The Morgan fingerprint density at radius 2 is 1.56 bits per heavy atom. The molecule has 10 heteroatoms. The number of nitrogens with zero attached hydrogens (tertiary/aromatic N) is 1. The van der Waals surface area contributed by atoms with Crippen LogP contribution in [0.3, 0.4) is 0 Å². The zero-order chi connectivity index (χ0) is 19.9. The Bertz CT molecular complexity index is 777. The van der Waals surface area contributed by atoms with Gasteiger partial charge in [-0.1, -0.05) is 12.1 Å². The van der Waals surface area contributed by atoms with Gasteiger partial charge in [-0.2, -0.15) is 13.2 Å². The minimum absolute atomic E-state index is 0.0731. The molecule has 0 aliphatic carbocycles. The Morgan fingerprint density at radius 3 is 2.11 bits per heavy atom. The molecule has 2 aromatic carbocycles. The van der Waals surface area contributed by atoms with Gasteiger partial charge in [-0.25, -0.2) is 0 Å². The molecule has 0 bridgehead atoms. The number of halogens is 3. The summed E-state index contributed by atoms with van der Waals surface area (Å²) in [5.41, 5.74) is 0.576. The molecule has 7 nitrogen and oxygen atoms in total. The van der Waals surface area contributed by atoms with Crippen molar-refractivity contribution in [2.24, 2.45) is 0 Å². The number of alkyl halides is 3. The normalized spacial score (nSPS) is 10.9. The van der Waals surface area contributed by atoms with Crippen LogP contribution < -0.4 is 14.8 Å². The van der Waals surface area contributed by atoms with E-state index in [0.717, 1.165) is 0 Å². The van der Waals surface area contributed by atoms with Crippen LogP contribution in [-0.4, -0.2) is 30.2 Å². The van der Waals surface area contributed by atoms with Crippen LogP contribution in [0.1, 0.15) is 5.56 Å². The first-order chi connectivity index (χ1) is 12.7. The molecule has 0 spiro atoms. The summed E-state index contributed by atoms with van der Waals surface area (Å²) < 4.78 is 46.0. The van der Waals surface area contributed by atoms with Gasteiger partial charge in [0, 0.05) is 18.7 Å². The number of ether oxygens (including phenoxy) is 2. The molecule has 27 heavy (non-hydrogen) atoms. The van der Waals surface area contributed by atoms with E-state index in [1.165, 1.54) is 48.5 Å². The number of non-ortho nitro benzene ring substituents is 1. The van der Waals surface area contributed by atoms with E-state index < -0.39 is 23.6 Å². The highest BCUT2D eigenvalue weighted by atomic mass is 19.4. The van der Waals surface area contributed by atoms with Crippen molar-refractivity contribution >= 4 is 11.6 Å². The van der Waals surface area contributed by atoms with Crippen LogP contribution in [0.25, 0.3) is 0 Å². The number of rotatable bonds is 8. The van der Waals surface area contributed by atoms with Gasteiger partial charge in [0.1, 0.15) is 11.5 Å². The monoisotopic (exact) mass is 384 g/mol. The van der Waals surface area contributed by atoms with Crippen LogP contribution in [0.4, 0.5) is 18.9 Å². The highest BCUT2D eigenvalue weighted by molar-refractivity contribution is 5.77. The molecule has 1 N–H and O–H groups in total. The van der Waals surface area contributed by atoms with Crippen molar-refractivity contribution in [3.05, 3.63) is 64.2 Å². The Hall–Kier alpha value is -3.30. The van der Waals surface area contributed by atoms with Crippen molar-refractivity contribution in [3.63, 3.8) is 0 Å². The predicted octanol–water partition coefficient (Wildman–Crippen LogP) is 3.23. The SMILES string of the molecule is O=C(COc1ccc([N+](=O)[O-])cc1)NCc1ccc(OCC(F)(F)F)cc1. The number of carbonyl (C=O) groups is 1. The summed E-state index contributed by atoms with van der Waals surface area (Å²) in [7, 11) is 0. The number of hydrogen-bond acceptors (Lipinski definition) is 5. The van der Waals surface area contributed by atoms with Gasteiger partial charge in [0.05, 0.1) is 4.92 Å². The molecule has 2 rings (SSSR count). The molecular formula is C17H15F3N2O5. The van der Waals surface area contributed by atoms with E-state index in [0.29, 0.717) is 11.3 Å². The van der Waals surface area contributed by atoms with Gasteiger partial charge in [0.25, 0.3) is 11.6 Å². The van der Waals surface area contributed by atoms with Crippen LogP contribution in [0.2, 0.25) is 0 Å². The molecule has 0 aliphatic heterocycles. The smallest absolute Gasteiger partial charge is 0.422 e. The topological polar surface area (TPSA) is 90.7 Å². The van der Waals surface area contributed by atoms with Gasteiger partial charge in [0.15, 0.2) is 13.2 Å². The summed E-state index contributed by atoms with van der Waals surface area (Å²) >= 11 is 0. The quantitative estimate of drug-likeness (QED) is 0.557. The molecule has 0 radical (unpaired) electrons. The molecular weight excluding hydrogens is 369 g/mol. The summed E-state index contributed by atoms with van der Waals surface area (Å²) in [6, 6.07) is 11.1. The predicted molar refractivity (Wildman–Crippen MR) is 88.4 cm³/mol. The molecule has 0 aromatic heterocycles.